The number of aliphatic hydroxyl groups is 1. The van der Waals surface area contributed by atoms with Crippen molar-refractivity contribution in [1.29, 1.82) is 0 Å². The fourth-order valence-corrected chi connectivity index (χ4v) is 8.44. The first kappa shape index (κ1) is 17.8. The van der Waals surface area contributed by atoms with Crippen LogP contribution < -0.4 is 0 Å². The van der Waals surface area contributed by atoms with Gasteiger partial charge in [-0.15, -0.1) is 0 Å². The molecule has 130 valence electrons. The minimum atomic E-state index is -0.813. The second-order valence-corrected chi connectivity index (χ2v) is 10.7. The molecule has 0 unspecified atom stereocenters. The number of rotatable bonds is 5. The van der Waals surface area contributed by atoms with E-state index in [0.29, 0.717) is 11.7 Å². The van der Waals surface area contributed by atoms with Gasteiger partial charge in [-0.05, 0) is 0 Å². The van der Waals surface area contributed by atoms with E-state index in [0.717, 1.165) is 18.4 Å². The van der Waals surface area contributed by atoms with Crippen LogP contribution in [0, 0.1) is 16.7 Å². The number of ketones is 2. The van der Waals surface area contributed by atoms with E-state index in [1.54, 1.807) is 6.92 Å². The van der Waals surface area contributed by atoms with Crippen LogP contribution in [0.1, 0.15) is 52.2 Å². The van der Waals surface area contributed by atoms with E-state index >= 15 is 0 Å². The van der Waals surface area contributed by atoms with Gasteiger partial charge in [0.25, 0.3) is 0 Å². The monoisotopic (exact) mass is 394 g/mol. The summed E-state index contributed by atoms with van der Waals surface area (Å²) in [6, 6.07) is 9.34. The van der Waals surface area contributed by atoms with Crippen LogP contribution in [-0.2, 0) is 9.59 Å². The van der Waals surface area contributed by atoms with Gasteiger partial charge in [0.2, 0.25) is 0 Å². The number of carbonyl (C=O) groups is 2. The number of hydrogen-bond donors (Lipinski definition) is 1. The van der Waals surface area contributed by atoms with Crippen molar-refractivity contribution in [2.45, 2.75) is 56.3 Å². The molecule has 0 aliphatic heterocycles. The Labute approximate surface area is 150 Å². The molecular weight excluding hydrogens is 367 g/mol. The molecule has 0 heterocycles. The fraction of sp³-hybridized carbons (Fsp3) is 0.600. The molecule has 2 saturated carbocycles. The van der Waals surface area contributed by atoms with Crippen LogP contribution >= 0.6 is 0 Å². The molecular formula is C20H26O3Se. The van der Waals surface area contributed by atoms with E-state index in [-0.39, 0.29) is 36.4 Å². The summed E-state index contributed by atoms with van der Waals surface area (Å²) in [5, 5.41) is 10.7. The molecule has 0 radical (unpaired) electrons. The number of hydrogen-bond acceptors (Lipinski definition) is 3. The Hall–Kier alpha value is -0.961. The Bertz CT molecular complexity index is 654. The summed E-state index contributed by atoms with van der Waals surface area (Å²) in [6.45, 7) is 8.05. The Morgan fingerprint density at radius 2 is 1.88 bits per heavy atom. The number of fused-ring (bicyclic) bond motifs is 2. The maximum atomic E-state index is 13.0. The van der Waals surface area contributed by atoms with Crippen LogP contribution in [0.2, 0.25) is 9.63 Å². The van der Waals surface area contributed by atoms with Crippen molar-refractivity contribution in [2.75, 3.05) is 0 Å². The third kappa shape index (κ3) is 2.51. The molecule has 0 amide bonds. The molecule has 2 aliphatic rings. The summed E-state index contributed by atoms with van der Waals surface area (Å²) in [4.78, 5) is 24.8. The van der Waals surface area contributed by atoms with Crippen molar-refractivity contribution in [3.63, 3.8) is 0 Å². The second kappa shape index (κ2) is 6.09. The van der Waals surface area contributed by atoms with Gasteiger partial charge >= 0.3 is 150 Å². The van der Waals surface area contributed by atoms with Gasteiger partial charge < -0.3 is 0 Å². The third-order valence-electron chi connectivity index (χ3n) is 6.59. The van der Waals surface area contributed by atoms with Crippen LogP contribution in [0.25, 0.3) is 0 Å². The number of aliphatic hydroxyl groups excluding tert-OH is 1. The van der Waals surface area contributed by atoms with Crippen LogP contribution in [-0.4, -0.2) is 31.6 Å². The van der Waals surface area contributed by atoms with E-state index < -0.39 is 10.9 Å². The van der Waals surface area contributed by atoms with Gasteiger partial charge in [-0.3, -0.25) is 0 Å². The number of Topliss-reactive ketones (excluding diaryl/α,β-unsaturated/α-hetero) is 2. The molecule has 0 aromatic heterocycles. The summed E-state index contributed by atoms with van der Waals surface area (Å²) in [5.41, 5.74) is 0.499. The van der Waals surface area contributed by atoms with Crippen molar-refractivity contribution in [1.82, 2.24) is 0 Å². The zero-order chi connectivity index (χ0) is 17.7. The molecule has 3 rings (SSSR count). The van der Waals surface area contributed by atoms with Gasteiger partial charge in [0, 0.05) is 0 Å². The molecule has 1 aromatic carbocycles. The topological polar surface area (TPSA) is 54.4 Å². The normalized spacial score (nSPS) is 33.5. The zero-order valence-corrected chi connectivity index (χ0v) is 16.5. The van der Waals surface area contributed by atoms with Crippen molar-refractivity contribution < 1.29 is 14.7 Å². The Balaban J connectivity index is 1.86. The molecule has 3 nitrogen and oxygen atoms in total. The van der Waals surface area contributed by atoms with Gasteiger partial charge in [-0.1, -0.05) is 0 Å². The van der Waals surface area contributed by atoms with E-state index in [1.165, 1.54) is 0 Å². The summed E-state index contributed by atoms with van der Waals surface area (Å²) < 4.78 is 0. The predicted octanol–water partition coefficient (Wildman–Crippen LogP) is 3.62. The molecule has 5 atom stereocenters. The summed E-state index contributed by atoms with van der Waals surface area (Å²) in [5.74, 6) is 0.667. The standard InChI is InChI=1S/C20H26O3Se/c1-12(21)16(15(22)13-8-6-5-7-9-13)24-17-14-10-11-20(4,18(17)23)19(14,2)3/h5-9,14-17,22H,10-11H2,1-4H3/t14-,15+,16+,17+,20+/m1/s1. The summed E-state index contributed by atoms with van der Waals surface area (Å²) in [6.07, 6.45) is 1.21. The Morgan fingerprint density at radius 1 is 1.25 bits per heavy atom. The van der Waals surface area contributed by atoms with Gasteiger partial charge in [0.15, 0.2) is 0 Å². The fourth-order valence-electron chi connectivity index (χ4n) is 4.54. The quantitative estimate of drug-likeness (QED) is 0.778. The summed E-state index contributed by atoms with van der Waals surface area (Å²) >= 11 is -0.224. The second-order valence-electron chi connectivity index (χ2n) is 8.01. The predicted molar refractivity (Wildman–Crippen MR) is 95.0 cm³/mol. The Morgan fingerprint density at radius 3 is 2.38 bits per heavy atom. The van der Waals surface area contributed by atoms with Crippen molar-refractivity contribution in [2.24, 2.45) is 16.7 Å². The molecule has 2 fully saturated rings. The average Bonchev–Trinajstić information content (AvgIpc) is 2.85. The first-order chi connectivity index (χ1) is 11.2. The molecule has 2 bridgehead atoms. The van der Waals surface area contributed by atoms with Crippen LogP contribution in [0.4, 0.5) is 0 Å². The molecule has 1 N–H and O–H groups in total. The van der Waals surface area contributed by atoms with Crippen molar-refractivity contribution in [3.8, 4) is 0 Å². The first-order valence-corrected chi connectivity index (χ1v) is 10.6. The minimum absolute atomic E-state index is 0.00443. The maximum absolute atomic E-state index is 13.0. The zero-order valence-electron chi connectivity index (χ0n) is 14.8. The molecule has 2 aliphatic carbocycles. The SMILES string of the molecule is CC(=O)[C@H]([Se][C@@H]1C(=O)[C@]2(C)CC[C@H]1C2(C)C)[C@@H](O)c1ccccc1. The molecule has 4 heteroatoms. The molecule has 24 heavy (non-hydrogen) atoms. The van der Waals surface area contributed by atoms with E-state index in [9.17, 15) is 14.7 Å². The van der Waals surface area contributed by atoms with E-state index in [1.807, 2.05) is 30.3 Å². The van der Waals surface area contributed by atoms with Gasteiger partial charge in [0.1, 0.15) is 0 Å². The van der Waals surface area contributed by atoms with E-state index in [4.69, 9.17) is 0 Å². The molecule has 1 aromatic rings. The van der Waals surface area contributed by atoms with Crippen molar-refractivity contribution in [3.05, 3.63) is 35.9 Å². The number of benzene rings is 1. The van der Waals surface area contributed by atoms with Crippen LogP contribution in [0.5, 0.6) is 0 Å². The van der Waals surface area contributed by atoms with Gasteiger partial charge in [-0.2, -0.15) is 0 Å². The van der Waals surface area contributed by atoms with E-state index in [2.05, 4.69) is 20.8 Å². The first-order valence-electron chi connectivity index (χ1n) is 8.63. The van der Waals surface area contributed by atoms with Gasteiger partial charge in [-0.25, -0.2) is 0 Å². The Kier molecular flexibility index (Phi) is 4.53. The van der Waals surface area contributed by atoms with Crippen molar-refractivity contribution >= 4 is 26.5 Å². The third-order valence-corrected chi connectivity index (χ3v) is 10.2. The molecule has 0 spiro atoms. The van der Waals surface area contributed by atoms with Crippen LogP contribution in [0.15, 0.2) is 30.3 Å². The van der Waals surface area contributed by atoms with Gasteiger partial charge in [0.05, 0.1) is 0 Å². The average molecular weight is 393 g/mol. The van der Waals surface area contributed by atoms with Crippen LogP contribution in [0.3, 0.4) is 0 Å². The summed E-state index contributed by atoms with van der Waals surface area (Å²) in [7, 11) is 0. The molecule has 0 saturated heterocycles. The number of carbonyl (C=O) groups excluding carboxylic acids is 2.